The summed E-state index contributed by atoms with van der Waals surface area (Å²) in [6.45, 7) is 1.65. The lowest BCUT2D eigenvalue weighted by atomic mass is 10.2. The molecule has 0 radical (unpaired) electrons. The number of aryl methyl sites for hydroxylation is 1. The fourth-order valence-electron chi connectivity index (χ4n) is 1.78. The van der Waals surface area contributed by atoms with Crippen molar-refractivity contribution in [2.45, 2.75) is 6.92 Å². The number of rotatable bonds is 4. The molecule has 3 N–H and O–H groups in total. The van der Waals surface area contributed by atoms with Gasteiger partial charge in [-0.15, -0.1) is 0 Å². The van der Waals surface area contributed by atoms with Crippen LogP contribution in [0.5, 0.6) is 5.75 Å². The van der Waals surface area contributed by atoms with Gasteiger partial charge in [-0.25, -0.2) is 4.39 Å². The molecule has 0 fully saturated rings. The van der Waals surface area contributed by atoms with Gasteiger partial charge in [0.25, 0.3) is 5.91 Å². The Bertz CT molecular complexity index is 741. The van der Waals surface area contributed by atoms with Crippen LogP contribution in [0.3, 0.4) is 0 Å². The maximum absolute atomic E-state index is 12.8. The third-order valence-corrected chi connectivity index (χ3v) is 3.35. The van der Waals surface area contributed by atoms with Crippen LogP contribution >= 0.6 is 23.8 Å². The SMILES string of the molecule is Cc1cc(Cl)ccc1OCC(=O)NNC(=S)Nc1ccc(F)cc1. The normalized spacial score (nSPS) is 9.96. The summed E-state index contributed by atoms with van der Waals surface area (Å²) in [5.41, 5.74) is 6.35. The molecule has 0 aliphatic heterocycles. The first kappa shape index (κ1) is 18.0. The number of carbonyl (C=O) groups excluding carboxylic acids is 1. The smallest absolute Gasteiger partial charge is 0.276 e. The number of carbonyl (C=O) groups is 1. The van der Waals surface area contributed by atoms with E-state index >= 15 is 0 Å². The van der Waals surface area contributed by atoms with Crippen LogP contribution < -0.4 is 20.9 Å². The Balaban J connectivity index is 1.74. The van der Waals surface area contributed by atoms with Crippen molar-refractivity contribution in [1.82, 2.24) is 10.9 Å². The molecule has 1 amide bonds. The van der Waals surface area contributed by atoms with E-state index < -0.39 is 5.91 Å². The molecule has 126 valence electrons. The van der Waals surface area contributed by atoms with Gasteiger partial charge in [0.15, 0.2) is 11.7 Å². The Hall–Kier alpha value is -2.38. The molecule has 0 aliphatic carbocycles. The van der Waals surface area contributed by atoms with Crippen molar-refractivity contribution < 1.29 is 13.9 Å². The van der Waals surface area contributed by atoms with Gasteiger partial charge in [0.1, 0.15) is 11.6 Å². The second-order valence-electron chi connectivity index (χ2n) is 4.83. The van der Waals surface area contributed by atoms with E-state index in [0.29, 0.717) is 16.5 Å². The molecule has 8 heteroatoms. The Morgan fingerprint density at radius 1 is 1.21 bits per heavy atom. The molecule has 0 bridgehead atoms. The Morgan fingerprint density at radius 2 is 1.92 bits per heavy atom. The third kappa shape index (κ3) is 5.68. The second kappa shape index (κ2) is 8.47. The fraction of sp³-hybridized carbons (Fsp3) is 0.125. The molecule has 0 saturated carbocycles. The molecule has 0 heterocycles. The van der Waals surface area contributed by atoms with Gasteiger partial charge < -0.3 is 10.1 Å². The lowest BCUT2D eigenvalue weighted by molar-refractivity contribution is -0.123. The van der Waals surface area contributed by atoms with Crippen LogP contribution in [0.1, 0.15) is 5.56 Å². The van der Waals surface area contributed by atoms with Gasteiger partial charge in [-0.2, -0.15) is 0 Å². The summed E-state index contributed by atoms with van der Waals surface area (Å²) in [6, 6.07) is 10.8. The van der Waals surface area contributed by atoms with Gasteiger partial charge in [0, 0.05) is 10.7 Å². The highest BCUT2D eigenvalue weighted by molar-refractivity contribution is 7.80. The van der Waals surface area contributed by atoms with E-state index in [1.54, 1.807) is 18.2 Å². The summed E-state index contributed by atoms with van der Waals surface area (Å²) in [5, 5.41) is 3.56. The average Bonchev–Trinajstić information content (AvgIpc) is 2.54. The Morgan fingerprint density at radius 3 is 2.58 bits per heavy atom. The van der Waals surface area contributed by atoms with Crippen molar-refractivity contribution in [2.75, 3.05) is 11.9 Å². The number of thiocarbonyl (C=S) groups is 1. The van der Waals surface area contributed by atoms with Crippen molar-refractivity contribution >= 4 is 40.5 Å². The van der Waals surface area contributed by atoms with Crippen LogP contribution in [-0.2, 0) is 4.79 Å². The number of halogens is 2. The van der Waals surface area contributed by atoms with Crippen LogP contribution in [-0.4, -0.2) is 17.6 Å². The fourth-order valence-corrected chi connectivity index (χ4v) is 2.17. The molecule has 0 unspecified atom stereocenters. The zero-order valence-corrected chi connectivity index (χ0v) is 14.3. The van der Waals surface area contributed by atoms with E-state index in [9.17, 15) is 9.18 Å². The van der Waals surface area contributed by atoms with Crippen LogP contribution in [0.15, 0.2) is 42.5 Å². The second-order valence-corrected chi connectivity index (χ2v) is 5.68. The summed E-state index contributed by atoms with van der Waals surface area (Å²) < 4.78 is 18.2. The molecule has 2 aromatic rings. The zero-order chi connectivity index (χ0) is 17.5. The maximum atomic E-state index is 12.8. The average molecular weight is 368 g/mol. The van der Waals surface area contributed by atoms with Crippen LogP contribution in [0.4, 0.5) is 10.1 Å². The minimum Gasteiger partial charge on any atom is -0.483 e. The molecule has 0 aromatic heterocycles. The first-order valence-electron chi connectivity index (χ1n) is 6.94. The van der Waals surface area contributed by atoms with Crippen molar-refractivity contribution in [3.63, 3.8) is 0 Å². The van der Waals surface area contributed by atoms with E-state index in [2.05, 4.69) is 16.2 Å². The molecule has 5 nitrogen and oxygen atoms in total. The predicted molar refractivity (Wildman–Crippen MR) is 95.6 cm³/mol. The van der Waals surface area contributed by atoms with Gasteiger partial charge in [-0.05, 0) is 67.2 Å². The lowest BCUT2D eigenvalue weighted by Crippen LogP contribution is -2.45. The molecule has 0 saturated heterocycles. The van der Waals surface area contributed by atoms with Gasteiger partial charge in [-0.1, -0.05) is 11.6 Å². The topological polar surface area (TPSA) is 62.4 Å². The lowest BCUT2D eigenvalue weighted by Gasteiger charge is -2.13. The molecular weight excluding hydrogens is 353 g/mol. The largest absolute Gasteiger partial charge is 0.483 e. The van der Waals surface area contributed by atoms with E-state index in [1.165, 1.54) is 24.3 Å². The number of hydrogen-bond acceptors (Lipinski definition) is 3. The summed E-state index contributed by atoms with van der Waals surface area (Å²) >= 11 is 10.9. The molecular formula is C16H15ClFN3O2S. The van der Waals surface area contributed by atoms with Crippen molar-refractivity contribution in [3.8, 4) is 5.75 Å². The highest BCUT2D eigenvalue weighted by atomic mass is 35.5. The van der Waals surface area contributed by atoms with E-state index in [4.69, 9.17) is 28.6 Å². The number of ether oxygens (including phenoxy) is 1. The molecule has 2 rings (SSSR count). The van der Waals surface area contributed by atoms with Crippen LogP contribution in [0.2, 0.25) is 5.02 Å². The number of anilines is 1. The van der Waals surface area contributed by atoms with Gasteiger partial charge >= 0.3 is 0 Å². The van der Waals surface area contributed by atoms with Crippen LogP contribution in [0.25, 0.3) is 0 Å². The Labute approximate surface area is 149 Å². The number of nitrogens with one attached hydrogen (secondary N) is 3. The predicted octanol–water partition coefficient (Wildman–Crippen LogP) is 3.18. The standard InChI is InChI=1S/C16H15ClFN3O2S/c1-10-8-11(17)2-7-14(10)23-9-15(22)20-21-16(24)19-13-5-3-12(18)4-6-13/h2-8H,9H2,1H3,(H,20,22)(H2,19,21,24). The summed E-state index contributed by atoms with van der Waals surface area (Å²) in [7, 11) is 0. The monoisotopic (exact) mass is 367 g/mol. The maximum Gasteiger partial charge on any atom is 0.276 e. The number of hydrazine groups is 1. The Kier molecular flexibility index (Phi) is 6.34. The highest BCUT2D eigenvalue weighted by Gasteiger charge is 2.06. The van der Waals surface area contributed by atoms with E-state index in [1.807, 2.05) is 6.92 Å². The molecule has 24 heavy (non-hydrogen) atoms. The number of hydrogen-bond donors (Lipinski definition) is 3. The summed E-state index contributed by atoms with van der Waals surface area (Å²) in [4.78, 5) is 11.7. The van der Waals surface area contributed by atoms with Gasteiger partial charge in [-0.3, -0.25) is 15.6 Å². The molecule has 0 spiro atoms. The van der Waals surface area contributed by atoms with Gasteiger partial charge in [0.05, 0.1) is 0 Å². The summed E-state index contributed by atoms with van der Waals surface area (Å²) in [5.74, 6) is -0.184. The first-order chi connectivity index (χ1) is 11.4. The number of benzene rings is 2. The minimum absolute atomic E-state index is 0.164. The zero-order valence-electron chi connectivity index (χ0n) is 12.7. The van der Waals surface area contributed by atoms with Gasteiger partial charge in [0.2, 0.25) is 0 Å². The quantitative estimate of drug-likeness (QED) is 0.572. The van der Waals surface area contributed by atoms with Crippen molar-refractivity contribution in [1.29, 1.82) is 0 Å². The van der Waals surface area contributed by atoms with Crippen LogP contribution in [0, 0.1) is 12.7 Å². The summed E-state index contributed by atoms with van der Waals surface area (Å²) in [6.07, 6.45) is 0. The van der Waals surface area contributed by atoms with Crippen molar-refractivity contribution in [3.05, 3.63) is 58.9 Å². The van der Waals surface area contributed by atoms with Crippen molar-refractivity contribution in [2.24, 2.45) is 0 Å². The number of amides is 1. The van der Waals surface area contributed by atoms with E-state index in [0.717, 1.165) is 5.56 Å². The first-order valence-corrected chi connectivity index (χ1v) is 7.73. The molecule has 2 aromatic carbocycles. The molecule has 0 aliphatic rings. The highest BCUT2D eigenvalue weighted by Crippen LogP contribution is 2.21. The van der Waals surface area contributed by atoms with E-state index in [-0.39, 0.29) is 17.5 Å². The third-order valence-electron chi connectivity index (χ3n) is 2.91. The minimum atomic E-state index is -0.410. The molecule has 0 atom stereocenters.